The van der Waals surface area contributed by atoms with Gasteiger partial charge in [0, 0.05) is 30.3 Å². The van der Waals surface area contributed by atoms with E-state index in [2.05, 4.69) is 10.4 Å². The number of carbonyl (C=O) groups is 1. The highest BCUT2D eigenvalue weighted by molar-refractivity contribution is 5.99. The summed E-state index contributed by atoms with van der Waals surface area (Å²) in [4.78, 5) is 13.0. The Hall–Kier alpha value is -3.54. The second-order valence-corrected chi connectivity index (χ2v) is 6.72. The van der Waals surface area contributed by atoms with Crippen molar-refractivity contribution >= 4 is 16.8 Å². The Morgan fingerprint density at radius 3 is 2.71 bits per heavy atom. The van der Waals surface area contributed by atoms with Crippen LogP contribution >= 0.6 is 0 Å². The molecule has 0 spiro atoms. The first kappa shape index (κ1) is 17.9. The summed E-state index contributed by atoms with van der Waals surface area (Å²) in [7, 11) is 3.53. The molecule has 0 unspecified atom stereocenters. The van der Waals surface area contributed by atoms with Crippen molar-refractivity contribution in [2.75, 3.05) is 7.11 Å². The average molecular weight is 374 g/mol. The fraction of sp³-hybridized carbons (Fsp3) is 0.182. The number of nitrogens with one attached hydrogen (secondary N) is 1. The molecule has 0 saturated carbocycles. The third-order valence-electron chi connectivity index (χ3n) is 4.98. The molecule has 4 rings (SSSR count). The summed E-state index contributed by atoms with van der Waals surface area (Å²) in [6.07, 6.45) is 3.63. The van der Waals surface area contributed by atoms with E-state index in [-0.39, 0.29) is 11.9 Å². The largest absolute Gasteiger partial charge is 0.497 e. The number of benzene rings is 2. The van der Waals surface area contributed by atoms with Crippen molar-refractivity contribution in [3.8, 4) is 11.4 Å². The van der Waals surface area contributed by atoms with Crippen molar-refractivity contribution in [1.82, 2.24) is 19.7 Å². The Balaban J connectivity index is 1.63. The molecule has 142 valence electrons. The number of para-hydroxylation sites is 1. The third kappa shape index (κ3) is 3.13. The molecule has 1 atom stereocenters. The third-order valence-corrected chi connectivity index (χ3v) is 4.98. The second kappa shape index (κ2) is 7.23. The maximum Gasteiger partial charge on any atom is 0.268 e. The predicted molar refractivity (Wildman–Crippen MR) is 109 cm³/mol. The van der Waals surface area contributed by atoms with E-state index in [1.807, 2.05) is 79.3 Å². The fourth-order valence-electron chi connectivity index (χ4n) is 3.49. The van der Waals surface area contributed by atoms with Crippen LogP contribution in [0, 0.1) is 0 Å². The van der Waals surface area contributed by atoms with Gasteiger partial charge in [0.05, 0.1) is 18.8 Å². The molecule has 0 saturated heterocycles. The van der Waals surface area contributed by atoms with E-state index in [1.54, 1.807) is 18.0 Å². The number of nitrogens with zero attached hydrogens (tertiary/aromatic N) is 3. The summed E-state index contributed by atoms with van der Waals surface area (Å²) in [5, 5.41) is 8.40. The second-order valence-electron chi connectivity index (χ2n) is 6.72. The van der Waals surface area contributed by atoms with E-state index in [9.17, 15) is 4.79 Å². The van der Waals surface area contributed by atoms with Crippen molar-refractivity contribution in [3.63, 3.8) is 0 Å². The highest BCUT2D eigenvalue weighted by Gasteiger charge is 2.18. The van der Waals surface area contributed by atoms with Gasteiger partial charge in [-0.1, -0.05) is 18.2 Å². The maximum atomic E-state index is 13.0. The van der Waals surface area contributed by atoms with Crippen LogP contribution in [-0.4, -0.2) is 27.4 Å². The quantitative estimate of drug-likeness (QED) is 0.577. The topological polar surface area (TPSA) is 61.1 Å². The van der Waals surface area contributed by atoms with Crippen LogP contribution in [0.4, 0.5) is 0 Å². The summed E-state index contributed by atoms with van der Waals surface area (Å²) < 4.78 is 8.99. The number of aryl methyl sites for hydroxylation is 1. The maximum absolute atomic E-state index is 13.0. The zero-order chi connectivity index (χ0) is 19.7. The molecule has 4 aromatic rings. The molecule has 6 heteroatoms. The Morgan fingerprint density at radius 2 is 1.96 bits per heavy atom. The van der Waals surface area contributed by atoms with E-state index >= 15 is 0 Å². The lowest BCUT2D eigenvalue weighted by Gasteiger charge is -2.18. The summed E-state index contributed by atoms with van der Waals surface area (Å²) in [5.74, 6) is 0.645. The van der Waals surface area contributed by atoms with Crippen LogP contribution in [0.25, 0.3) is 16.6 Å². The summed E-state index contributed by atoms with van der Waals surface area (Å²) in [6.45, 7) is 1.98. The van der Waals surface area contributed by atoms with Gasteiger partial charge in [-0.3, -0.25) is 4.79 Å². The van der Waals surface area contributed by atoms with Crippen LogP contribution in [0.2, 0.25) is 0 Å². The molecule has 0 aliphatic carbocycles. The Kier molecular flexibility index (Phi) is 4.61. The number of hydrogen-bond donors (Lipinski definition) is 1. The van der Waals surface area contributed by atoms with Crippen molar-refractivity contribution in [2.24, 2.45) is 7.05 Å². The Morgan fingerprint density at radius 1 is 1.14 bits per heavy atom. The van der Waals surface area contributed by atoms with Gasteiger partial charge in [0.1, 0.15) is 11.4 Å². The van der Waals surface area contributed by atoms with Crippen LogP contribution in [-0.2, 0) is 7.05 Å². The minimum Gasteiger partial charge on any atom is -0.497 e. The zero-order valence-electron chi connectivity index (χ0n) is 16.1. The number of aromatic nitrogens is 3. The first-order chi connectivity index (χ1) is 13.6. The number of fused-ring (bicyclic) bond motifs is 1. The summed E-state index contributed by atoms with van der Waals surface area (Å²) >= 11 is 0. The first-order valence-electron chi connectivity index (χ1n) is 9.12. The molecule has 0 aliphatic heterocycles. The summed E-state index contributed by atoms with van der Waals surface area (Å²) in [6, 6.07) is 17.3. The van der Waals surface area contributed by atoms with Gasteiger partial charge in [0.25, 0.3) is 5.91 Å². The van der Waals surface area contributed by atoms with Gasteiger partial charge in [-0.05, 0) is 48.9 Å². The number of hydrogen-bond acceptors (Lipinski definition) is 3. The lowest BCUT2D eigenvalue weighted by atomic mass is 10.1. The molecule has 0 bridgehead atoms. The van der Waals surface area contributed by atoms with Crippen LogP contribution < -0.4 is 10.1 Å². The smallest absolute Gasteiger partial charge is 0.268 e. The van der Waals surface area contributed by atoms with Crippen molar-refractivity contribution in [2.45, 2.75) is 13.0 Å². The average Bonchev–Trinajstić information content (AvgIpc) is 3.36. The summed E-state index contributed by atoms with van der Waals surface area (Å²) in [5.41, 5.74) is 3.53. The lowest BCUT2D eigenvalue weighted by Crippen LogP contribution is -2.28. The van der Waals surface area contributed by atoms with Gasteiger partial charge in [-0.15, -0.1) is 0 Å². The van der Waals surface area contributed by atoms with E-state index in [1.165, 1.54) is 0 Å². The predicted octanol–water partition coefficient (Wildman–Crippen LogP) is 3.86. The van der Waals surface area contributed by atoms with Gasteiger partial charge in [-0.2, -0.15) is 5.10 Å². The SMILES string of the molecule is COc1ccc2c(c1)cc(C(=O)N[C@H](C)c1ccccc1-n1cccn1)n2C. The minimum absolute atomic E-state index is 0.125. The molecule has 0 fully saturated rings. The molecule has 6 nitrogen and oxygen atoms in total. The molecular formula is C22H22N4O2. The van der Waals surface area contributed by atoms with Gasteiger partial charge < -0.3 is 14.6 Å². The highest BCUT2D eigenvalue weighted by atomic mass is 16.5. The monoisotopic (exact) mass is 374 g/mol. The van der Waals surface area contributed by atoms with Crippen molar-refractivity contribution in [3.05, 3.63) is 78.2 Å². The zero-order valence-corrected chi connectivity index (χ0v) is 16.1. The van der Waals surface area contributed by atoms with Crippen LogP contribution in [0.3, 0.4) is 0 Å². The number of carbonyl (C=O) groups excluding carboxylic acids is 1. The molecule has 0 aliphatic rings. The van der Waals surface area contributed by atoms with E-state index in [0.717, 1.165) is 27.9 Å². The van der Waals surface area contributed by atoms with E-state index in [4.69, 9.17) is 4.74 Å². The number of rotatable bonds is 5. The number of amides is 1. The number of methoxy groups -OCH3 is 1. The lowest BCUT2D eigenvalue weighted by molar-refractivity contribution is 0.0932. The molecule has 2 aromatic heterocycles. The Bertz CT molecular complexity index is 1130. The standard InChI is InChI=1S/C22H22N4O2/c1-15(18-7-4-5-8-20(18)26-12-6-11-23-26)24-22(27)21-14-16-13-17(28-3)9-10-19(16)25(21)2/h4-15H,1-3H3,(H,24,27)/t15-/m1/s1. The molecule has 28 heavy (non-hydrogen) atoms. The van der Waals surface area contributed by atoms with Crippen LogP contribution in [0.1, 0.15) is 29.0 Å². The molecule has 1 N–H and O–H groups in total. The molecule has 0 radical (unpaired) electrons. The molecule has 2 heterocycles. The van der Waals surface area contributed by atoms with Gasteiger partial charge in [-0.25, -0.2) is 4.68 Å². The van der Waals surface area contributed by atoms with E-state index in [0.29, 0.717) is 5.69 Å². The Labute approximate surface area is 163 Å². The van der Waals surface area contributed by atoms with Gasteiger partial charge in [0.15, 0.2) is 0 Å². The highest BCUT2D eigenvalue weighted by Crippen LogP contribution is 2.25. The minimum atomic E-state index is -0.180. The molecule has 2 aromatic carbocycles. The normalized spacial score (nSPS) is 12.1. The molecule has 1 amide bonds. The fourth-order valence-corrected chi connectivity index (χ4v) is 3.49. The number of ether oxygens (including phenoxy) is 1. The van der Waals surface area contributed by atoms with Gasteiger partial charge >= 0.3 is 0 Å². The van der Waals surface area contributed by atoms with E-state index < -0.39 is 0 Å². The molecular weight excluding hydrogens is 352 g/mol. The van der Waals surface area contributed by atoms with Gasteiger partial charge in [0.2, 0.25) is 0 Å². The van der Waals surface area contributed by atoms with Crippen molar-refractivity contribution < 1.29 is 9.53 Å². The first-order valence-corrected chi connectivity index (χ1v) is 9.12. The van der Waals surface area contributed by atoms with Crippen LogP contribution in [0.15, 0.2) is 67.0 Å². The van der Waals surface area contributed by atoms with Crippen LogP contribution in [0.5, 0.6) is 5.75 Å². The van der Waals surface area contributed by atoms with Crippen molar-refractivity contribution in [1.29, 1.82) is 0 Å².